The highest BCUT2D eigenvalue weighted by molar-refractivity contribution is 5.79. The summed E-state index contributed by atoms with van der Waals surface area (Å²) in [6.07, 6.45) is 4.92. The maximum atomic E-state index is 11.9. The topological polar surface area (TPSA) is 41.1 Å². The molecule has 2 unspecified atom stereocenters. The SMILES string of the molecule is CC1CNCC1C(=O)NC1CCCC1. The zero-order chi connectivity index (χ0) is 9.97. The fourth-order valence-corrected chi connectivity index (χ4v) is 2.54. The van der Waals surface area contributed by atoms with Gasteiger partial charge in [-0.25, -0.2) is 0 Å². The highest BCUT2D eigenvalue weighted by atomic mass is 16.2. The van der Waals surface area contributed by atoms with Crippen LogP contribution in [0.2, 0.25) is 0 Å². The van der Waals surface area contributed by atoms with Gasteiger partial charge in [-0.15, -0.1) is 0 Å². The van der Waals surface area contributed by atoms with Crippen molar-refractivity contribution in [3.05, 3.63) is 0 Å². The summed E-state index contributed by atoms with van der Waals surface area (Å²) in [5.41, 5.74) is 0. The van der Waals surface area contributed by atoms with Crippen molar-refractivity contribution < 1.29 is 4.79 Å². The molecule has 3 nitrogen and oxygen atoms in total. The largest absolute Gasteiger partial charge is 0.353 e. The molecule has 0 spiro atoms. The molecule has 1 amide bonds. The van der Waals surface area contributed by atoms with E-state index in [0.29, 0.717) is 12.0 Å². The van der Waals surface area contributed by atoms with E-state index in [0.717, 1.165) is 13.1 Å². The van der Waals surface area contributed by atoms with Crippen molar-refractivity contribution in [3.63, 3.8) is 0 Å². The Morgan fingerprint density at radius 3 is 2.57 bits per heavy atom. The second-order valence-corrected chi connectivity index (χ2v) is 4.73. The molecule has 2 atom stereocenters. The van der Waals surface area contributed by atoms with E-state index >= 15 is 0 Å². The molecule has 2 aliphatic rings. The van der Waals surface area contributed by atoms with Crippen molar-refractivity contribution in [3.8, 4) is 0 Å². The number of hydrogen-bond donors (Lipinski definition) is 2. The van der Waals surface area contributed by atoms with Gasteiger partial charge in [-0.2, -0.15) is 0 Å². The van der Waals surface area contributed by atoms with Crippen LogP contribution in [0.15, 0.2) is 0 Å². The lowest BCUT2D eigenvalue weighted by Gasteiger charge is -2.18. The van der Waals surface area contributed by atoms with E-state index in [9.17, 15) is 4.79 Å². The molecule has 1 heterocycles. The lowest BCUT2D eigenvalue weighted by atomic mass is 9.97. The maximum Gasteiger partial charge on any atom is 0.224 e. The van der Waals surface area contributed by atoms with E-state index in [1.807, 2.05) is 0 Å². The average molecular weight is 196 g/mol. The Bertz CT molecular complexity index is 211. The molecule has 0 aromatic heterocycles. The molecule has 0 radical (unpaired) electrons. The number of hydrogen-bond acceptors (Lipinski definition) is 2. The zero-order valence-electron chi connectivity index (χ0n) is 8.88. The highest BCUT2D eigenvalue weighted by Gasteiger charge is 2.31. The monoisotopic (exact) mass is 196 g/mol. The quantitative estimate of drug-likeness (QED) is 0.689. The Morgan fingerprint density at radius 2 is 2.00 bits per heavy atom. The first-order chi connectivity index (χ1) is 6.77. The van der Waals surface area contributed by atoms with Gasteiger partial charge in [0.05, 0.1) is 5.92 Å². The average Bonchev–Trinajstić information content (AvgIpc) is 2.75. The number of nitrogens with one attached hydrogen (secondary N) is 2. The predicted molar refractivity (Wildman–Crippen MR) is 55.9 cm³/mol. The summed E-state index contributed by atoms with van der Waals surface area (Å²) < 4.78 is 0. The summed E-state index contributed by atoms with van der Waals surface area (Å²) in [6.45, 7) is 4.00. The van der Waals surface area contributed by atoms with Crippen molar-refractivity contribution >= 4 is 5.91 Å². The van der Waals surface area contributed by atoms with Crippen LogP contribution >= 0.6 is 0 Å². The van der Waals surface area contributed by atoms with Crippen LogP contribution in [0.5, 0.6) is 0 Å². The Balaban J connectivity index is 1.82. The molecular formula is C11H20N2O. The fraction of sp³-hybridized carbons (Fsp3) is 0.909. The predicted octanol–water partition coefficient (Wildman–Crippen LogP) is 0.901. The fourth-order valence-electron chi connectivity index (χ4n) is 2.54. The van der Waals surface area contributed by atoms with Crippen LogP contribution in [-0.4, -0.2) is 25.0 Å². The molecule has 0 bridgehead atoms. The lowest BCUT2D eigenvalue weighted by molar-refractivity contribution is -0.126. The first-order valence-electron chi connectivity index (χ1n) is 5.78. The summed E-state index contributed by atoms with van der Waals surface area (Å²) >= 11 is 0. The van der Waals surface area contributed by atoms with Gasteiger partial charge in [0.2, 0.25) is 5.91 Å². The van der Waals surface area contributed by atoms with Crippen molar-refractivity contribution in [1.82, 2.24) is 10.6 Å². The molecule has 1 aliphatic heterocycles. The Kier molecular flexibility index (Phi) is 3.06. The standard InChI is InChI=1S/C11H20N2O/c1-8-6-12-7-10(8)11(14)13-9-4-2-3-5-9/h8-10,12H,2-7H2,1H3,(H,13,14). The van der Waals surface area contributed by atoms with E-state index in [1.165, 1.54) is 25.7 Å². The minimum atomic E-state index is 0.204. The first-order valence-corrected chi connectivity index (χ1v) is 5.78. The Labute approximate surface area is 85.6 Å². The first kappa shape index (κ1) is 9.97. The molecule has 2 rings (SSSR count). The van der Waals surface area contributed by atoms with Crippen molar-refractivity contribution in [2.75, 3.05) is 13.1 Å². The van der Waals surface area contributed by atoms with Crippen LogP contribution in [0.25, 0.3) is 0 Å². The Morgan fingerprint density at radius 1 is 1.29 bits per heavy atom. The van der Waals surface area contributed by atoms with Crippen LogP contribution in [0.1, 0.15) is 32.6 Å². The smallest absolute Gasteiger partial charge is 0.224 e. The van der Waals surface area contributed by atoms with Gasteiger partial charge in [0.1, 0.15) is 0 Å². The van der Waals surface area contributed by atoms with Gasteiger partial charge in [-0.1, -0.05) is 19.8 Å². The number of carbonyl (C=O) groups is 1. The van der Waals surface area contributed by atoms with Crippen molar-refractivity contribution in [2.45, 2.75) is 38.6 Å². The van der Waals surface area contributed by atoms with Crippen LogP contribution in [-0.2, 0) is 4.79 Å². The minimum Gasteiger partial charge on any atom is -0.353 e. The normalized spacial score (nSPS) is 33.5. The lowest BCUT2D eigenvalue weighted by Crippen LogP contribution is -2.39. The molecule has 0 aromatic carbocycles. The maximum absolute atomic E-state index is 11.9. The summed E-state index contributed by atoms with van der Waals surface area (Å²) in [7, 11) is 0. The van der Waals surface area contributed by atoms with Gasteiger partial charge >= 0.3 is 0 Å². The van der Waals surface area contributed by atoms with Gasteiger partial charge in [0, 0.05) is 12.6 Å². The second-order valence-electron chi connectivity index (χ2n) is 4.73. The second kappa shape index (κ2) is 4.30. The van der Waals surface area contributed by atoms with Crippen LogP contribution < -0.4 is 10.6 Å². The number of amides is 1. The van der Waals surface area contributed by atoms with E-state index in [4.69, 9.17) is 0 Å². The number of carbonyl (C=O) groups excluding carboxylic acids is 1. The molecule has 2 fully saturated rings. The van der Waals surface area contributed by atoms with E-state index < -0.39 is 0 Å². The third kappa shape index (κ3) is 2.08. The van der Waals surface area contributed by atoms with Gasteiger partial charge in [0.25, 0.3) is 0 Å². The summed E-state index contributed by atoms with van der Waals surface area (Å²) in [4.78, 5) is 11.9. The van der Waals surface area contributed by atoms with E-state index in [1.54, 1.807) is 0 Å². The molecule has 1 aliphatic carbocycles. The minimum absolute atomic E-state index is 0.204. The van der Waals surface area contributed by atoms with E-state index in [2.05, 4.69) is 17.6 Å². The van der Waals surface area contributed by atoms with Crippen LogP contribution in [0.3, 0.4) is 0 Å². The van der Waals surface area contributed by atoms with Crippen molar-refractivity contribution in [2.24, 2.45) is 11.8 Å². The molecule has 3 heteroatoms. The van der Waals surface area contributed by atoms with Gasteiger partial charge < -0.3 is 10.6 Å². The molecule has 2 N–H and O–H groups in total. The molecule has 0 aromatic rings. The van der Waals surface area contributed by atoms with Crippen molar-refractivity contribution in [1.29, 1.82) is 0 Å². The summed E-state index contributed by atoms with van der Waals surface area (Å²) in [5, 5.41) is 6.44. The highest BCUT2D eigenvalue weighted by Crippen LogP contribution is 2.20. The molecule has 1 saturated carbocycles. The third-order valence-corrected chi connectivity index (χ3v) is 3.56. The zero-order valence-corrected chi connectivity index (χ0v) is 8.88. The molecule has 80 valence electrons. The van der Waals surface area contributed by atoms with E-state index in [-0.39, 0.29) is 11.8 Å². The van der Waals surface area contributed by atoms with Gasteiger partial charge in [-0.05, 0) is 25.3 Å². The molecule has 14 heavy (non-hydrogen) atoms. The number of rotatable bonds is 2. The van der Waals surface area contributed by atoms with Crippen LogP contribution in [0, 0.1) is 11.8 Å². The Hall–Kier alpha value is -0.570. The molecular weight excluding hydrogens is 176 g/mol. The third-order valence-electron chi connectivity index (χ3n) is 3.56. The molecule has 1 saturated heterocycles. The van der Waals surface area contributed by atoms with Crippen LogP contribution in [0.4, 0.5) is 0 Å². The van der Waals surface area contributed by atoms with Gasteiger partial charge in [-0.3, -0.25) is 4.79 Å². The summed E-state index contributed by atoms with van der Waals surface area (Å²) in [5.74, 6) is 0.974. The van der Waals surface area contributed by atoms with Gasteiger partial charge in [0.15, 0.2) is 0 Å². The summed E-state index contributed by atoms with van der Waals surface area (Å²) in [6, 6.07) is 0.468.